The van der Waals surface area contributed by atoms with Gasteiger partial charge in [0.2, 0.25) is 5.95 Å². The van der Waals surface area contributed by atoms with Gasteiger partial charge in [0.05, 0.1) is 31.1 Å². The van der Waals surface area contributed by atoms with Gasteiger partial charge < -0.3 is 23.9 Å². The number of carbonyl (C=O) groups is 1. The van der Waals surface area contributed by atoms with Crippen LogP contribution in [0.1, 0.15) is 5.56 Å². The SMILES string of the molecule is O=C(Nc1cccc(C(F)(F)F)c1)O[C@H]1CO[C@@H]2[C@@H]1OC[C@@H]2Nc1nccc(-c2ccco2)n1. The Labute approximate surface area is 191 Å². The fraction of sp³-hybridized carbons (Fsp3) is 0.318. The molecule has 34 heavy (non-hydrogen) atoms. The summed E-state index contributed by atoms with van der Waals surface area (Å²) in [5, 5.41) is 5.49. The Morgan fingerprint density at radius 3 is 2.74 bits per heavy atom. The second kappa shape index (κ2) is 8.95. The molecule has 2 N–H and O–H groups in total. The third-order valence-electron chi connectivity index (χ3n) is 5.45. The normalized spacial score (nSPS) is 24.0. The average molecular weight is 476 g/mol. The Bertz CT molecular complexity index is 1160. The number of aromatic nitrogens is 2. The third kappa shape index (κ3) is 4.68. The predicted octanol–water partition coefficient (Wildman–Crippen LogP) is 3.95. The summed E-state index contributed by atoms with van der Waals surface area (Å²) < 4.78 is 60.9. The van der Waals surface area contributed by atoms with Crippen molar-refractivity contribution in [3.63, 3.8) is 0 Å². The van der Waals surface area contributed by atoms with Crippen LogP contribution < -0.4 is 10.6 Å². The number of carbonyl (C=O) groups excluding carboxylic acids is 1. The molecule has 0 radical (unpaired) electrons. The molecule has 2 aliphatic rings. The number of furan rings is 1. The second-order valence-corrected chi connectivity index (χ2v) is 7.74. The molecule has 0 saturated carbocycles. The van der Waals surface area contributed by atoms with Crippen molar-refractivity contribution in [2.75, 3.05) is 23.8 Å². The van der Waals surface area contributed by atoms with Gasteiger partial charge in [-0.25, -0.2) is 14.8 Å². The smallest absolute Gasteiger partial charge is 0.416 e. The largest absolute Gasteiger partial charge is 0.463 e. The molecule has 0 bridgehead atoms. The number of halogens is 3. The van der Waals surface area contributed by atoms with Gasteiger partial charge in [-0.3, -0.25) is 5.32 Å². The van der Waals surface area contributed by atoms with E-state index in [0.29, 0.717) is 17.4 Å². The van der Waals surface area contributed by atoms with Gasteiger partial charge >= 0.3 is 12.3 Å². The lowest BCUT2D eigenvalue weighted by Gasteiger charge is -2.18. The molecule has 3 aromatic rings. The maximum absolute atomic E-state index is 12.9. The van der Waals surface area contributed by atoms with Crippen LogP contribution in [0.2, 0.25) is 0 Å². The highest BCUT2D eigenvalue weighted by Gasteiger charge is 2.49. The van der Waals surface area contributed by atoms with Crippen molar-refractivity contribution >= 4 is 17.7 Å². The van der Waals surface area contributed by atoms with Crippen LogP contribution in [0.15, 0.2) is 59.3 Å². The highest BCUT2D eigenvalue weighted by Crippen LogP contribution is 2.32. The molecular weight excluding hydrogens is 457 g/mol. The maximum atomic E-state index is 12.9. The molecule has 4 heterocycles. The summed E-state index contributed by atoms with van der Waals surface area (Å²) in [5.74, 6) is 0.960. The molecule has 4 atom stereocenters. The molecule has 0 unspecified atom stereocenters. The number of amides is 1. The summed E-state index contributed by atoms with van der Waals surface area (Å²) in [4.78, 5) is 20.9. The zero-order valence-electron chi connectivity index (χ0n) is 17.5. The minimum Gasteiger partial charge on any atom is -0.463 e. The monoisotopic (exact) mass is 476 g/mol. The Balaban J connectivity index is 1.18. The van der Waals surface area contributed by atoms with Crippen molar-refractivity contribution < 1.29 is 36.6 Å². The molecule has 9 nitrogen and oxygen atoms in total. The van der Waals surface area contributed by atoms with E-state index < -0.39 is 36.1 Å². The van der Waals surface area contributed by atoms with Crippen LogP contribution in [0.25, 0.3) is 11.5 Å². The molecule has 1 aromatic carbocycles. The van der Waals surface area contributed by atoms with Crippen LogP contribution in [0.3, 0.4) is 0 Å². The third-order valence-corrected chi connectivity index (χ3v) is 5.45. The summed E-state index contributed by atoms with van der Waals surface area (Å²) in [6.45, 7) is 0.343. The Morgan fingerprint density at radius 2 is 1.94 bits per heavy atom. The van der Waals surface area contributed by atoms with Crippen LogP contribution in [0.5, 0.6) is 0 Å². The number of rotatable bonds is 5. The number of nitrogens with zero attached hydrogens (tertiary/aromatic N) is 2. The van der Waals surface area contributed by atoms with Crippen LogP contribution in [0.4, 0.5) is 29.6 Å². The number of anilines is 2. The van der Waals surface area contributed by atoms with E-state index in [1.807, 2.05) is 0 Å². The summed E-state index contributed by atoms with van der Waals surface area (Å²) in [6, 6.07) is 9.26. The van der Waals surface area contributed by atoms with E-state index in [9.17, 15) is 18.0 Å². The van der Waals surface area contributed by atoms with Crippen molar-refractivity contribution in [3.05, 3.63) is 60.5 Å². The Morgan fingerprint density at radius 1 is 1.09 bits per heavy atom. The average Bonchev–Trinajstić information content (AvgIpc) is 3.54. The zero-order chi connectivity index (χ0) is 23.7. The van der Waals surface area contributed by atoms with Crippen molar-refractivity contribution in [1.29, 1.82) is 0 Å². The van der Waals surface area contributed by atoms with E-state index in [2.05, 4.69) is 20.6 Å². The Hall–Kier alpha value is -3.64. The minimum absolute atomic E-state index is 0.0317. The molecule has 0 aliphatic carbocycles. The summed E-state index contributed by atoms with van der Waals surface area (Å²) in [6.07, 6.45) is -3.97. The maximum Gasteiger partial charge on any atom is 0.416 e. The van der Waals surface area contributed by atoms with Gasteiger partial charge in [0.1, 0.15) is 17.9 Å². The number of benzene rings is 1. The molecule has 2 saturated heterocycles. The summed E-state index contributed by atoms with van der Waals surface area (Å²) in [7, 11) is 0. The predicted molar refractivity (Wildman–Crippen MR) is 112 cm³/mol. The first-order chi connectivity index (χ1) is 16.4. The molecule has 2 aliphatic heterocycles. The Kier molecular flexibility index (Phi) is 5.84. The molecule has 5 rings (SSSR count). The number of nitrogens with one attached hydrogen (secondary N) is 2. The van der Waals surface area contributed by atoms with Gasteiger partial charge in [0.25, 0.3) is 0 Å². The lowest BCUT2D eigenvalue weighted by molar-refractivity contribution is -0.137. The van der Waals surface area contributed by atoms with E-state index >= 15 is 0 Å². The van der Waals surface area contributed by atoms with Crippen molar-refractivity contribution in [2.45, 2.75) is 30.5 Å². The first-order valence-corrected chi connectivity index (χ1v) is 10.4. The highest BCUT2D eigenvalue weighted by molar-refractivity contribution is 5.84. The lowest BCUT2D eigenvalue weighted by Crippen LogP contribution is -2.38. The van der Waals surface area contributed by atoms with Gasteiger partial charge in [-0.2, -0.15) is 13.2 Å². The van der Waals surface area contributed by atoms with Crippen molar-refractivity contribution in [3.8, 4) is 11.5 Å². The number of fused-ring (bicyclic) bond motifs is 1. The van der Waals surface area contributed by atoms with E-state index in [-0.39, 0.29) is 24.9 Å². The molecule has 178 valence electrons. The number of ether oxygens (including phenoxy) is 3. The van der Waals surface area contributed by atoms with Gasteiger partial charge in [-0.1, -0.05) is 6.07 Å². The van der Waals surface area contributed by atoms with Crippen LogP contribution in [0, 0.1) is 0 Å². The van der Waals surface area contributed by atoms with Crippen LogP contribution in [-0.2, 0) is 20.4 Å². The quantitative estimate of drug-likeness (QED) is 0.570. The van der Waals surface area contributed by atoms with E-state index in [4.69, 9.17) is 18.6 Å². The van der Waals surface area contributed by atoms with Gasteiger partial charge in [-0.15, -0.1) is 0 Å². The summed E-state index contributed by atoms with van der Waals surface area (Å²) in [5.41, 5.74) is -0.297. The zero-order valence-corrected chi connectivity index (χ0v) is 17.5. The molecular formula is C22H19F3N4O5. The fourth-order valence-electron chi connectivity index (χ4n) is 3.90. The fourth-order valence-corrected chi connectivity index (χ4v) is 3.90. The molecule has 0 spiro atoms. The molecule has 2 aromatic heterocycles. The van der Waals surface area contributed by atoms with Gasteiger partial charge in [0.15, 0.2) is 11.9 Å². The van der Waals surface area contributed by atoms with Crippen molar-refractivity contribution in [1.82, 2.24) is 9.97 Å². The lowest BCUT2D eigenvalue weighted by atomic mass is 10.1. The van der Waals surface area contributed by atoms with Crippen molar-refractivity contribution in [2.24, 2.45) is 0 Å². The second-order valence-electron chi connectivity index (χ2n) is 7.74. The molecule has 12 heteroatoms. The first-order valence-electron chi connectivity index (χ1n) is 10.4. The summed E-state index contributed by atoms with van der Waals surface area (Å²) >= 11 is 0. The standard InChI is InChI=1S/C22H19F3N4O5/c23-22(24,25)12-3-1-4-13(9-12)27-21(30)34-17-11-33-18-15(10-32-19(17)18)29-20-26-7-6-14(28-20)16-5-2-8-31-16/h1-9,15,17-19H,10-11H2,(H,27,30)(H,26,28,29)/t15-,17-,18-,19+/m0/s1. The minimum atomic E-state index is -4.52. The molecule has 2 fully saturated rings. The number of hydrogen-bond donors (Lipinski definition) is 2. The van der Waals surface area contributed by atoms with Gasteiger partial charge in [-0.05, 0) is 36.4 Å². The van der Waals surface area contributed by atoms with E-state index in [1.165, 1.54) is 12.1 Å². The van der Waals surface area contributed by atoms with Crippen LogP contribution in [-0.4, -0.2) is 53.6 Å². The van der Waals surface area contributed by atoms with E-state index in [0.717, 1.165) is 12.1 Å². The van der Waals surface area contributed by atoms with Crippen LogP contribution >= 0.6 is 0 Å². The molecule has 1 amide bonds. The first kappa shape index (κ1) is 22.2. The van der Waals surface area contributed by atoms with E-state index in [1.54, 1.807) is 30.7 Å². The highest BCUT2D eigenvalue weighted by atomic mass is 19.4. The van der Waals surface area contributed by atoms with Gasteiger partial charge in [0, 0.05) is 11.9 Å². The topological polar surface area (TPSA) is 108 Å². The number of hydrogen-bond acceptors (Lipinski definition) is 8. The number of alkyl halides is 3.